The quantitative estimate of drug-likeness (QED) is 0.781. The van der Waals surface area contributed by atoms with E-state index in [1.807, 2.05) is 6.92 Å². The molecule has 0 saturated heterocycles. The Morgan fingerprint density at radius 3 is 2.69 bits per heavy atom. The molecule has 0 aromatic heterocycles. The summed E-state index contributed by atoms with van der Waals surface area (Å²) in [5.41, 5.74) is 1.35. The summed E-state index contributed by atoms with van der Waals surface area (Å²) in [4.78, 5) is 13.5. The van der Waals surface area contributed by atoms with Crippen LogP contribution in [-0.4, -0.2) is 24.4 Å². The third-order valence-corrected chi connectivity index (χ3v) is 2.67. The number of benzene rings is 1. The summed E-state index contributed by atoms with van der Waals surface area (Å²) in [6.45, 7) is 6.08. The van der Waals surface area contributed by atoms with Gasteiger partial charge in [0.1, 0.15) is 5.82 Å². The van der Waals surface area contributed by atoms with Crippen LogP contribution in [0.1, 0.15) is 17.3 Å². The molecule has 4 heteroatoms. The van der Waals surface area contributed by atoms with E-state index in [1.54, 1.807) is 11.9 Å². The molecular formula is C12H13BrFNO. The Labute approximate surface area is 103 Å². The third-order valence-electron chi connectivity index (χ3n) is 2.02. The van der Waals surface area contributed by atoms with Gasteiger partial charge < -0.3 is 4.90 Å². The minimum Gasteiger partial charge on any atom is -0.338 e. The van der Waals surface area contributed by atoms with Crippen LogP contribution < -0.4 is 0 Å². The van der Waals surface area contributed by atoms with Crippen LogP contribution >= 0.6 is 15.9 Å². The second-order valence-corrected chi connectivity index (χ2v) is 4.60. The summed E-state index contributed by atoms with van der Waals surface area (Å²) in [6.07, 6.45) is 0. The van der Waals surface area contributed by atoms with Crippen molar-refractivity contribution in [2.45, 2.75) is 6.92 Å². The number of carbonyl (C=O) groups excluding carboxylic acids is 1. The molecule has 1 aromatic rings. The third kappa shape index (κ3) is 3.17. The van der Waals surface area contributed by atoms with Gasteiger partial charge in [0.05, 0.1) is 5.56 Å². The van der Waals surface area contributed by atoms with Crippen molar-refractivity contribution in [1.29, 1.82) is 0 Å². The second kappa shape index (κ2) is 5.25. The van der Waals surface area contributed by atoms with Crippen molar-refractivity contribution in [1.82, 2.24) is 4.90 Å². The van der Waals surface area contributed by atoms with Crippen LogP contribution in [0.25, 0.3) is 0 Å². The van der Waals surface area contributed by atoms with Crippen molar-refractivity contribution in [2.75, 3.05) is 13.6 Å². The lowest BCUT2D eigenvalue weighted by molar-refractivity contribution is 0.0806. The second-order valence-electron chi connectivity index (χ2n) is 3.74. The largest absolute Gasteiger partial charge is 0.338 e. The Kier molecular flexibility index (Phi) is 4.24. The maximum Gasteiger partial charge on any atom is 0.255 e. The number of rotatable bonds is 3. The molecule has 0 aliphatic heterocycles. The molecule has 0 unspecified atom stereocenters. The van der Waals surface area contributed by atoms with Gasteiger partial charge in [-0.25, -0.2) is 4.39 Å². The van der Waals surface area contributed by atoms with Crippen molar-refractivity contribution in [2.24, 2.45) is 0 Å². The summed E-state index contributed by atoms with van der Waals surface area (Å²) in [6, 6.07) is 4.02. The predicted octanol–water partition coefficient (Wildman–Crippen LogP) is 3.24. The van der Waals surface area contributed by atoms with Crippen molar-refractivity contribution >= 4 is 21.8 Å². The highest BCUT2D eigenvalue weighted by Gasteiger charge is 2.14. The Morgan fingerprint density at radius 1 is 1.56 bits per heavy atom. The maximum atomic E-state index is 12.9. The summed E-state index contributed by atoms with van der Waals surface area (Å²) in [5.74, 6) is -0.527. The van der Waals surface area contributed by atoms with Crippen LogP contribution in [-0.2, 0) is 0 Å². The average molecular weight is 286 g/mol. The molecule has 2 nitrogen and oxygen atoms in total. The minimum absolute atomic E-state index is 0.158. The van der Waals surface area contributed by atoms with E-state index < -0.39 is 0 Å². The lowest BCUT2D eigenvalue weighted by Crippen LogP contribution is -2.28. The van der Waals surface area contributed by atoms with Gasteiger partial charge in [-0.3, -0.25) is 4.79 Å². The van der Waals surface area contributed by atoms with Gasteiger partial charge in [0.25, 0.3) is 5.91 Å². The summed E-state index contributed by atoms with van der Waals surface area (Å²) in [5, 5.41) is 0. The van der Waals surface area contributed by atoms with E-state index in [-0.39, 0.29) is 11.7 Å². The Balaban J connectivity index is 2.92. The van der Waals surface area contributed by atoms with E-state index in [0.29, 0.717) is 16.6 Å². The van der Waals surface area contributed by atoms with Crippen LogP contribution in [0.3, 0.4) is 0 Å². The zero-order valence-corrected chi connectivity index (χ0v) is 10.8. The van der Waals surface area contributed by atoms with E-state index in [1.165, 1.54) is 18.2 Å². The van der Waals surface area contributed by atoms with Crippen molar-refractivity contribution < 1.29 is 9.18 Å². The van der Waals surface area contributed by atoms with Gasteiger partial charge in [-0.05, 0) is 41.1 Å². The van der Waals surface area contributed by atoms with Gasteiger partial charge >= 0.3 is 0 Å². The first-order valence-electron chi connectivity index (χ1n) is 4.76. The fourth-order valence-electron chi connectivity index (χ4n) is 1.35. The normalized spacial score (nSPS) is 10.0. The molecule has 0 aliphatic rings. The molecule has 0 heterocycles. The molecule has 0 bridgehead atoms. The van der Waals surface area contributed by atoms with Gasteiger partial charge in [-0.2, -0.15) is 0 Å². The Bertz CT molecular complexity index is 431. The number of likely N-dealkylation sites (N-methyl/N-ethyl adjacent to an activating group) is 1. The maximum absolute atomic E-state index is 12.9. The molecule has 0 fully saturated rings. The Morgan fingerprint density at radius 2 is 2.19 bits per heavy atom. The van der Waals surface area contributed by atoms with Crippen LogP contribution in [0.4, 0.5) is 4.39 Å². The predicted molar refractivity (Wildman–Crippen MR) is 65.9 cm³/mol. The van der Waals surface area contributed by atoms with E-state index in [9.17, 15) is 9.18 Å². The molecule has 0 radical (unpaired) electrons. The molecule has 0 saturated carbocycles. The highest BCUT2D eigenvalue weighted by Crippen LogP contribution is 2.19. The van der Waals surface area contributed by atoms with E-state index in [4.69, 9.17) is 0 Å². The SMILES string of the molecule is C=C(C)CN(C)C(=O)c1ccc(F)cc1Br. The van der Waals surface area contributed by atoms with Crippen LogP contribution in [0.5, 0.6) is 0 Å². The topological polar surface area (TPSA) is 20.3 Å². The van der Waals surface area contributed by atoms with Gasteiger partial charge in [0, 0.05) is 18.1 Å². The Hall–Kier alpha value is -1.16. The standard InChI is InChI=1S/C12H13BrFNO/c1-8(2)7-15(3)12(16)10-5-4-9(14)6-11(10)13/h4-6H,1,7H2,2-3H3. The van der Waals surface area contributed by atoms with Crippen molar-refractivity contribution in [3.8, 4) is 0 Å². The molecule has 1 rings (SSSR count). The van der Waals surface area contributed by atoms with E-state index >= 15 is 0 Å². The number of nitrogens with zero attached hydrogens (tertiary/aromatic N) is 1. The first-order valence-corrected chi connectivity index (χ1v) is 5.56. The number of hydrogen-bond acceptors (Lipinski definition) is 1. The van der Waals surface area contributed by atoms with Crippen LogP contribution in [0.15, 0.2) is 34.8 Å². The minimum atomic E-state index is -0.369. The average Bonchev–Trinajstić information content (AvgIpc) is 2.15. The summed E-state index contributed by atoms with van der Waals surface area (Å²) >= 11 is 3.17. The molecule has 0 atom stereocenters. The zero-order valence-electron chi connectivity index (χ0n) is 9.26. The lowest BCUT2D eigenvalue weighted by atomic mass is 10.2. The monoisotopic (exact) mass is 285 g/mol. The van der Waals surface area contributed by atoms with E-state index in [2.05, 4.69) is 22.5 Å². The van der Waals surface area contributed by atoms with Gasteiger partial charge in [0.15, 0.2) is 0 Å². The first-order chi connectivity index (χ1) is 7.41. The number of halogens is 2. The molecule has 1 aromatic carbocycles. The molecule has 0 aliphatic carbocycles. The van der Waals surface area contributed by atoms with Gasteiger partial charge in [0.2, 0.25) is 0 Å². The number of amides is 1. The molecule has 1 amide bonds. The number of carbonyl (C=O) groups is 1. The van der Waals surface area contributed by atoms with Gasteiger partial charge in [-0.15, -0.1) is 0 Å². The fourth-order valence-corrected chi connectivity index (χ4v) is 1.87. The van der Waals surface area contributed by atoms with Crippen LogP contribution in [0, 0.1) is 5.82 Å². The first kappa shape index (κ1) is 12.9. The zero-order chi connectivity index (χ0) is 12.3. The highest BCUT2D eigenvalue weighted by molar-refractivity contribution is 9.10. The van der Waals surface area contributed by atoms with Gasteiger partial charge in [-0.1, -0.05) is 12.2 Å². The van der Waals surface area contributed by atoms with Crippen molar-refractivity contribution in [3.05, 3.63) is 46.2 Å². The van der Waals surface area contributed by atoms with Crippen LogP contribution in [0.2, 0.25) is 0 Å². The molecule has 16 heavy (non-hydrogen) atoms. The fraction of sp³-hybridized carbons (Fsp3) is 0.250. The molecule has 0 N–H and O–H groups in total. The van der Waals surface area contributed by atoms with E-state index in [0.717, 1.165) is 5.57 Å². The van der Waals surface area contributed by atoms with Crippen molar-refractivity contribution in [3.63, 3.8) is 0 Å². The number of hydrogen-bond donors (Lipinski definition) is 0. The molecule has 0 spiro atoms. The smallest absolute Gasteiger partial charge is 0.255 e. The molecule has 86 valence electrons. The summed E-state index contributed by atoms with van der Waals surface area (Å²) < 4.78 is 13.3. The lowest BCUT2D eigenvalue weighted by Gasteiger charge is -2.17. The highest BCUT2D eigenvalue weighted by atomic mass is 79.9. The molecular weight excluding hydrogens is 273 g/mol. The summed E-state index contributed by atoms with van der Waals surface area (Å²) in [7, 11) is 1.69.